The molecule has 1 saturated heterocycles. The van der Waals surface area contributed by atoms with Crippen LogP contribution in [-0.2, 0) is 20.9 Å². The lowest BCUT2D eigenvalue weighted by molar-refractivity contribution is -0.143. The molecule has 1 aromatic heterocycles. The zero-order chi connectivity index (χ0) is 21.4. The molecule has 1 aromatic carbocycles. The van der Waals surface area contributed by atoms with Gasteiger partial charge in [-0.1, -0.05) is 12.2 Å². The summed E-state index contributed by atoms with van der Waals surface area (Å²) in [6.45, 7) is 4.28. The Morgan fingerprint density at radius 2 is 1.77 bits per heavy atom. The van der Waals surface area contributed by atoms with Gasteiger partial charge in [0.15, 0.2) is 0 Å². The van der Waals surface area contributed by atoms with E-state index in [0.29, 0.717) is 23.9 Å². The quantitative estimate of drug-likeness (QED) is 0.446. The molecule has 0 radical (unpaired) electrons. The molecule has 0 saturated carbocycles. The van der Waals surface area contributed by atoms with Crippen LogP contribution in [0.1, 0.15) is 35.9 Å². The monoisotopic (exact) mass is 409 g/mol. The number of nitrogens with zero attached hydrogens (tertiary/aromatic N) is 3. The Kier molecular flexibility index (Phi) is 5.11. The lowest BCUT2D eigenvalue weighted by atomic mass is 9.85. The molecule has 156 valence electrons. The lowest BCUT2D eigenvalue weighted by Gasteiger charge is -2.14. The van der Waals surface area contributed by atoms with E-state index in [1.165, 1.54) is 0 Å². The average Bonchev–Trinajstić information content (AvgIpc) is 3.19. The molecule has 9 heteroatoms. The molecule has 30 heavy (non-hydrogen) atoms. The first kappa shape index (κ1) is 19.8. The second-order valence-corrected chi connectivity index (χ2v) is 7.53. The van der Waals surface area contributed by atoms with E-state index in [0.717, 1.165) is 22.8 Å². The number of amides is 4. The van der Waals surface area contributed by atoms with Crippen molar-refractivity contribution in [1.29, 1.82) is 0 Å². The predicted molar refractivity (Wildman–Crippen MR) is 108 cm³/mol. The van der Waals surface area contributed by atoms with Crippen LogP contribution in [0.5, 0.6) is 0 Å². The number of imide groups is 1. The Bertz CT molecular complexity index is 1060. The highest BCUT2D eigenvalue weighted by molar-refractivity contribution is 6.07. The number of likely N-dealkylation sites (tertiary alicyclic amines) is 1. The predicted octanol–water partition coefficient (Wildman–Crippen LogP) is 1.08. The second-order valence-electron chi connectivity index (χ2n) is 7.53. The number of hydrogen-bond acceptors (Lipinski definition) is 5. The van der Waals surface area contributed by atoms with E-state index in [1.807, 2.05) is 36.6 Å². The fourth-order valence-corrected chi connectivity index (χ4v) is 4.20. The maximum Gasteiger partial charge on any atom is 0.269 e. The number of hydrogen-bond donors (Lipinski definition) is 2. The number of fused-ring (bicyclic) bond motifs is 2. The van der Waals surface area contributed by atoms with Crippen molar-refractivity contribution in [1.82, 2.24) is 25.3 Å². The summed E-state index contributed by atoms with van der Waals surface area (Å²) < 4.78 is 2.04. The molecule has 0 bridgehead atoms. The Morgan fingerprint density at radius 1 is 1.10 bits per heavy atom. The summed E-state index contributed by atoms with van der Waals surface area (Å²) in [4.78, 5) is 54.9. The zero-order valence-corrected chi connectivity index (χ0v) is 16.8. The van der Waals surface area contributed by atoms with Crippen LogP contribution < -0.4 is 10.9 Å². The number of benzene rings is 1. The van der Waals surface area contributed by atoms with Gasteiger partial charge in [0.05, 0.1) is 22.9 Å². The van der Waals surface area contributed by atoms with Gasteiger partial charge in [0.1, 0.15) is 12.4 Å². The van der Waals surface area contributed by atoms with Crippen LogP contribution in [0.2, 0.25) is 0 Å². The van der Waals surface area contributed by atoms with Crippen LogP contribution in [0.25, 0.3) is 11.0 Å². The minimum atomic E-state index is -0.635. The SMILES string of the molecule is CCn1c(C)nc2cc(C(=O)NNC(=O)CN3C(=O)C4CC=CCC4C3=O)ccc21. The zero-order valence-electron chi connectivity index (χ0n) is 16.8. The Morgan fingerprint density at radius 3 is 2.40 bits per heavy atom. The standard InChI is InChI=1S/C21H23N5O4/c1-3-25-12(2)22-16-10-13(8-9-17(16)25)19(28)24-23-18(27)11-26-20(29)14-6-4-5-7-15(14)21(26)30/h4-5,8-10,14-15H,3,6-7,11H2,1-2H3,(H,23,27)(H,24,28). The molecule has 2 aliphatic rings. The molecule has 2 atom stereocenters. The molecule has 4 rings (SSSR count). The number of carbonyl (C=O) groups is 4. The Balaban J connectivity index is 1.37. The first-order chi connectivity index (χ1) is 14.4. The number of imidazole rings is 1. The van der Waals surface area contributed by atoms with Crippen LogP contribution in [0.3, 0.4) is 0 Å². The summed E-state index contributed by atoms with van der Waals surface area (Å²) in [7, 11) is 0. The van der Waals surface area contributed by atoms with Gasteiger partial charge in [-0.25, -0.2) is 4.98 Å². The summed E-state index contributed by atoms with van der Waals surface area (Å²) in [5.41, 5.74) is 6.57. The number of aromatic nitrogens is 2. The van der Waals surface area contributed by atoms with Crippen molar-refractivity contribution in [2.75, 3.05) is 6.54 Å². The molecule has 0 spiro atoms. The molecule has 1 aliphatic heterocycles. The van der Waals surface area contributed by atoms with E-state index in [1.54, 1.807) is 12.1 Å². The molecular formula is C21H23N5O4. The van der Waals surface area contributed by atoms with Crippen LogP contribution >= 0.6 is 0 Å². The van der Waals surface area contributed by atoms with Crippen molar-refractivity contribution in [2.45, 2.75) is 33.2 Å². The number of carbonyl (C=O) groups excluding carboxylic acids is 4. The van der Waals surface area contributed by atoms with Crippen molar-refractivity contribution in [3.63, 3.8) is 0 Å². The molecule has 1 fully saturated rings. The molecule has 2 unspecified atom stereocenters. The van der Waals surface area contributed by atoms with E-state index in [-0.39, 0.29) is 23.7 Å². The third kappa shape index (κ3) is 3.36. The summed E-state index contributed by atoms with van der Waals surface area (Å²) in [6.07, 6.45) is 4.80. The van der Waals surface area contributed by atoms with Gasteiger partial charge in [-0.05, 0) is 44.9 Å². The highest BCUT2D eigenvalue weighted by Crippen LogP contribution is 2.34. The smallest absolute Gasteiger partial charge is 0.269 e. The van der Waals surface area contributed by atoms with Gasteiger partial charge in [0.2, 0.25) is 11.8 Å². The van der Waals surface area contributed by atoms with Crippen molar-refractivity contribution in [2.24, 2.45) is 11.8 Å². The molecule has 2 heterocycles. The fraction of sp³-hybridized carbons (Fsp3) is 0.381. The Hall–Kier alpha value is -3.49. The summed E-state index contributed by atoms with van der Waals surface area (Å²) in [6, 6.07) is 5.12. The molecule has 2 N–H and O–H groups in total. The summed E-state index contributed by atoms with van der Waals surface area (Å²) in [5.74, 6) is -1.72. The van der Waals surface area contributed by atoms with Gasteiger partial charge in [0.25, 0.3) is 11.8 Å². The summed E-state index contributed by atoms with van der Waals surface area (Å²) in [5, 5.41) is 0. The summed E-state index contributed by atoms with van der Waals surface area (Å²) >= 11 is 0. The maximum absolute atomic E-state index is 12.4. The first-order valence-electron chi connectivity index (χ1n) is 9.97. The Labute approximate surface area is 173 Å². The number of allylic oxidation sites excluding steroid dienone is 2. The van der Waals surface area contributed by atoms with Crippen molar-refractivity contribution in [3.8, 4) is 0 Å². The number of nitrogens with one attached hydrogen (secondary N) is 2. The van der Waals surface area contributed by atoms with Crippen LogP contribution in [0, 0.1) is 18.8 Å². The maximum atomic E-state index is 12.4. The van der Waals surface area contributed by atoms with Gasteiger partial charge in [-0.15, -0.1) is 0 Å². The van der Waals surface area contributed by atoms with Gasteiger partial charge in [-0.3, -0.25) is 34.9 Å². The van der Waals surface area contributed by atoms with Crippen LogP contribution in [0.4, 0.5) is 0 Å². The highest BCUT2D eigenvalue weighted by atomic mass is 16.2. The van der Waals surface area contributed by atoms with Gasteiger partial charge in [0, 0.05) is 12.1 Å². The van der Waals surface area contributed by atoms with E-state index >= 15 is 0 Å². The number of aryl methyl sites for hydroxylation is 2. The van der Waals surface area contributed by atoms with Gasteiger partial charge in [-0.2, -0.15) is 0 Å². The second kappa shape index (κ2) is 7.74. The minimum absolute atomic E-state index is 0.330. The molecule has 2 aromatic rings. The van der Waals surface area contributed by atoms with Gasteiger partial charge < -0.3 is 4.57 Å². The normalized spacial score (nSPS) is 20.5. The number of rotatable bonds is 4. The van der Waals surface area contributed by atoms with Crippen molar-refractivity contribution in [3.05, 3.63) is 41.7 Å². The van der Waals surface area contributed by atoms with Crippen molar-refractivity contribution < 1.29 is 19.2 Å². The average molecular weight is 409 g/mol. The highest BCUT2D eigenvalue weighted by Gasteiger charge is 2.47. The van der Waals surface area contributed by atoms with Gasteiger partial charge >= 0.3 is 0 Å². The van der Waals surface area contributed by atoms with Crippen molar-refractivity contribution >= 4 is 34.7 Å². The molecule has 4 amide bonds. The van der Waals surface area contributed by atoms with E-state index in [4.69, 9.17) is 0 Å². The minimum Gasteiger partial charge on any atom is -0.329 e. The lowest BCUT2D eigenvalue weighted by Crippen LogP contribution is -2.47. The van der Waals surface area contributed by atoms with E-state index in [9.17, 15) is 19.2 Å². The topological polar surface area (TPSA) is 113 Å². The largest absolute Gasteiger partial charge is 0.329 e. The first-order valence-corrected chi connectivity index (χ1v) is 9.97. The third-order valence-electron chi connectivity index (χ3n) is 5.73. The number of hydrazine groups is 1. The fourth-order valence-electron chi connectivity index (χ4n) is 4.20. The molecular weight excluding hydrogens is 386 g/mol. The third-order valence-corrected chi connectivity index (χ3v) is 5.73. The van der Waals surface area contributed by atoms with E-state index in [2.05, 4.69) is 15.8 Å². The van der Waals surface area contributed by atoms with Crippen LogP contribution in [-0.4, -0.2) is 44.6 Å². The molecule has 1 aliphatic carbocycles. The molecule has 9 nitrogen and oxygen atoms in total. The van der Waals surface area contributed by atoms with Crippen LogP contribution in [0.15, 0.2) is 30.4 Å². The van der Waals surface area contributed by atoms with E-state index < -0.39 is 18.4 Å².